The number of alkyl halides is 3. The van der Waals surface area contributed by atoms with Gasteiger partial charge in [-0.1, -0.05) is 0 Å². The van der Waals surface area contributed by atoms with Gasteiger partial charge in [-0.05, 0) is 61.7 Å². The van der Waals surface area contributed by atoms with Crippen molar-refractivity contribution >= 4 is 33.5 Å². The van der Waals surface area contributed by atoms with Gasteiger partial charge in [0.1, 0.15) is 16.9 Å². The summed E-state index contributed by atoms with van der Waals surface area (Å²) in [7, 11) is 0. The number of rotatable bonds is 5. The van der Waals surface area contributed by atoms with E-state index in [1.807, 2.05) is 13.0 Å². The Balaban J connectivity index is 1.48. The standard InChI is InChI=1S/C23H18F3NO5/c1-12-11-30-19-10-20-18(9-17(12)19)13(2)16(22(29)31-20)7-8-21(28)27-14-3-5-15(6-4-14)32-23(24,25)26/h3-6,9-11H,7-8H2,1-2H3,(H,27,28). The first kappa shape index (κ1) is 21.5. The summed E-state index contributed by atoms with van der Waals surface area (Å²) in [4.78, 5) is 24.8. The Hall–Kier alpha value is -3.75. The smallest absolute Gasteiger partial charge is 0.464 e. The number of amides is 1. The summed E-state index contributed by atoms with van der Waals surface area (Å²) in [5, 5.41) is 4.26. The second-order valence-electron chi connectivity index (χ2n) is 7.38. The van der Waals surface area contributed by atoms with E-state index in [1.54, 1.807) is 19.3 Å². The van der Waals surface area contributed by atoms with Crippen LogP contribution in [0.5, 0.6) is 5.75 Å². The van der Waals surface area contributed by atoms with Gasteiger partial charge >= 0.3 is 12.0 Å². The molecule has 0 bridgehead atoms. The van der Waals surface area contributed by atoms with E-state index >= 15 is 0 Å². The summed E-state index contributed by atoms with van der Waals surface area (Å²) >= 11 is 0. The van der Waals surface area contributed by atoms with Crippen LogP contribution in [0, 0.1) is 13.8 Å². The lowest BCUT2D eigenvalue weighted by Gasteiger charge is -2.10. The zero-order chi connectivity index (χ0) is 23.0. The van der Waals surface area contributed by atoms with Crippen molar-refractivity contribution < 1.29 is 31.5 Å². The molecule has 166 valence electrons. The number of aryl methyl sites for hydroxylation is 2. The first-order valence-corrected chi connectivity index (χ1v) is 9.70. The highest BCUT2D eigenvalue weighted by molar-refractivity contribution is 5.96. The number of anilines is 1. The minimum absolute atomic E-state index is 0.00904. The number of benzene rings is 2. The fraction of sp³-hybridized carbons (Fsp3) is 0.217. The highest BCUT2D eigenvalue weighted by Gasteiger charge is 2.31. The predicted molar refractivity (Wildman–Crippen MR) is 112 cm³/mol. The fourth-order valence-electron chi connectivity index (χ4n) is 3.53. The Morgan fingerprint density at radius 1 is 1.06 bits per heavy atom. The molecule has 0 saturated carbocycles. The van der Waals surface area contributed by atoms with Gasteiger partial charge in [-0.25, -0.2) is 4.79 Å². The van der Waals surface area contributed by atoms with Gasteiger partial charge in [-0.3, -0.25) is 4.79 Å². The minimum atomic E-state index is -4.79. The third-order valence-electron chi connectivity index (χ3n) is 5.15. The highest BCUT2D eigenvalue weighted by atomic mass is 19.4. The lowest BCUT2D eigenvalue weighted by molar-refractivity contribution is -0.274. The molecule has 0 aliphatic rings. The van der Waals surface area contributed by atoms with Gasteiger partial charge in [0.05, 0.1) is 6.26 Å². The predicted octanol–water partition coefficient (Wildman–Crippen LogP) is 5.63. The number of hydrogen-bond donors (Lipinski definition) is 1. The van der Waals surface area contributed by atoms with Crippen molar-refractivity contribution in [2.75, 3.05) is 5.32 Å². The molecule has 32 heavy (non-hydrogen) atoms. The Kier molecular flexibility index (Phi) is 5.41. The van der Waals surface area contributed by atoms with Crippen molar-refractivity contribution in [2.24, 2.45) is 0 Å². The lowest BCUT2D eigenvalue weighted by Crippen LogP contribution is -2.17. The molecule has 0 spiro atoms. The van der Waals surface area contributed by atoms with Gasteiger partial charge in [0.2, 0.25) is 5.91 Å². The van der Waals surface area contributed by atoms with Gasteiger partial charge in [-0.15, -0.1) is 13.2 Å². The largest absolute Gasteiger partial charge is 0.573 e. The number of fused-ring (bicyclic) bond motifs is 2. The number of ether oxygens (including phenoxy) is 1. The molecule has 0 aliphatic carbocycles. The Labute approximate surface area is 179 Å². The molecule has 0 atom stereocenters. The van der Waals surface area contributed by atoms with Crippen molar-refractivity contribution in [3.8, 4) is 5.75 Å². The topological polar surface area (TPSA) is 81.7 Å². The first-order valence-electron chi connectivity index (χ1n) is 9.70. The number of hydrogen-bond acceptors (Lipinski definition) is 5. The van der Waals surface area contributed by atoms with Gasteiger partial charge in [0.25, 0.3) is 0 Å². The molecule has 0 fully saturated rings. The van der Waals surface area contributed by atoms with Crippen molar-refractivity contribution in [3.05, 3.63) is 69.8 Å². The van der Waals surface area contributed by atoms with Crippen LogP contribution in [0.15, 0.2) is 56.3 Å². The maximum absolute atomic E-state index is 12.5. The summed E-state index contributed by atoms with van der Waals surface area (Å²) in [6.45, 7) is 3.71. The summed E-state index contributed by atoms with van der Waals surface area (Å²) in [6.07, 6.45) is -3.02. The van der Waals surface area contributed by atoms with E-state index < -0.39 is 17.9 Å². The number of carbonyl (C=O) groups is 1. The van der Waals surface area contributed by atoms with Crippen LogP contribution in [0.2, 0.25) is 0 Å². The second-order valence-corrected chi connectivity index (χ2v) is 7.38. The van der Waals surface area contributed by atoms with E-state index in [0.29, 0.717) is 22.4 Å². The van der Waals surface area contributed by atoms with Gasteiger partial charge in [-0.2, -0.15) is 0 Å². The SMILES string of the molecule is Cc1coc2cc3oc(=O)c(CCC(=O)Nc4ccc(OC(F)(F)F)cc4)c(C)c3cc12. The Morgan fingerprint density at radius 3 is 2.47 bits per heavy atom. The van der Waals surface area contributed by atoms with Crippen LogP contribution in [0.1, 0.15) is 23.1 Å². The molecular weight excluding hydrogens is 427 g/mol. The van der Waals surface area contributed by atoms with Gasteiger partial charge in [0, 0.05) is 34.5 Å². The van der Waals surface area contributed by atoms with Crippen LogP contribution in [-0.4, -0.2) is 12.3 Å². The molecule has 0 saturated heterocycles. The van der Waals surface area contributed by atoms with Crippen molar-refractivity contribution in [1.82, 2.24) is 0 Å². The van der Waals surface area contributed by atoms with E-state index in [4.69, 9.17) is 8.83 Å². The van der Waals surface area contributed by atoms with Crippen LogP contribution in [0.4, 0.5) is 18.9 Å². The number of carbonyl (C=O) groups excluding carboxylic acids is 1. The average Bonchev–Trinajstić information content (AvgIpc) is 3.07. The zero-order valence-electron chi connectivity index (χ0n) is 17.1. The zero-order valence-corrected chi connectivity index (χ0v) is 17.1. The van der Waals surface area contributed by atoms with Gasteiger partial charge < -0.3 is 18.9 Å². The minimum Gasteiger partial charge on any atom is -0.464 e. The molecule has 4 aromatic rings. The first-order chi connectivity index (χ1) is 15.1. The third kappa shape index (κ3) is 4.46. The average molecular weight is 445 g/mol. The van der Waals surface area contributed by atoms with Crippen LogP contribution < -0.4 is 15.7 Å². The maximum Gasteiger partial charge on any atom is 0.573 e. The molecule has 0 aliphatic heterocycles. The molecule has 0 unspecified atom stereocenters. The highest BCUT2D eigenvalue weighted by Crippen LogP contribution is 2.29. The molecule has 9 heteroatoms. The van der Waals surface area contributed by atoms with Crippen molar-refractivity contribution in [3.63, 3.8) is 0 Å². The summed E-state index contributed by atoms with van der Waals surface area (Å²) in [5.41, 5.74) is 2.88. The summed E-state index contributed by atoms with van der Waals surface area (Å²) in [6, 6.07) is 8.37. The normalized spacial score (nSPS) is 11.8. The lowest BCUT2D eigenvalue weighted by atomic mass is 10.0. The van der Waals surface area contributed by atoms with E-state index in [2.05, 4.69) is 10.1 Å². The number of furan rings is 1. The molecule has 1 N–H and O–H groups in total. The summed E-state index contributed by atoms with van der Waals surface area (Å²) in [5.74, 6) is -0.781. The monoisotopic (exact) mass is 445 g/mol. The molecule has 4 rings (SSSR count). The summed E-state index contributed by atoms with van der Waals surface area (Å²) < 4.78 is 51.4. The third-order valence-corrected chi connectivity index (χ3v) is 5.15. The fourth-order valence-corrected chi connectivity index (χ4v) is 3.53. The van der Waals surface area contributed by atoms with E-state index in [0.717, 1.165) is 34.0 Å². The number of halogens is 3. The molecule has 2 heterocycles. The molecule has 6 nitrogen and oxygen atoms in total. The van der Waals surface area contributed by atoms with Crippen molar-refractivity contribution in [1.29, 1.82) is 0 Å². The number of nitrogens with one attached hydrogen (secondary N) is 1. The Bertz CT molecular complexity index is 1370. The van der Waals surface area contributed by atoms with E-state index in [-0.39, 0.29) is 18.6 Å². The maximum atomic E-state index is 12.5. The van der Waals surface area contributed by atoms with Crippen LogP contribution >= 0.6 is 0 Å². The van der Waals surface area contributed by atoms with E-state index in [1.165, 1.54) is 12.1 Å². The molecule has 2 aromatic heterocycles. The Morgan fingerprint density at radius 2 is 1.78 bits per heavy atom. The van der Waals surface area contributed by atoms with E-state index in [9.17, 15) is 22.8 Å². The molecule has 0 radical (unpaired) electrons. The quantitative estimate of drug-likeness (QED) is 0.403. The molecule has 1 amide bonds. The van der Waals surface area contributed by atoms with Crippen LogP contribution in [0.25, 0.3) is 21.9 Å². The second kappa shape index (κ2) is 8.07. The van der Waals surface area contributed by atoms with Gasteiger partial charge in [0.15, 0.2) is 0 Å². The van der Waals surface area contributed by atoms with Crippen LogP contribution in [-0.2, 0) is 11.2 Å². The van der Waals surface area contributed by atoms with Crippen molar-refractivity contribution in [2.45, 2.75) is 33.1 Å². The van der Waals surface area contributed by atoms with Crippen LogP contribution in [0.3, 0.4) is 0 Å². The molecule has 2 aromatic carbocycles. The molecular formula is C23H18F3NO5.